The van der Waals surface area contributed by atoms with Crippen LogP contribution in [0.2, 0.25) is 0 Å². The fraction of sp³-hybridized carbons (Fsp3) is 0.533. The summed E-state index contributed by atoms with van der Waals surface area (Å²) in [4.78, 5) is 7.22. The quantitative estimate of drug-likeness (QED) is 0.848. The van der Waals surface area contributed by atoms with E-state index in [1.165, 1.54) is 11.3 Å². The Balaban J connectivity index is 1.97. The average molecular weight is 259 g/mol. The highest BCUT2D eigenvalue weighted by Gasteiger charge is 2.17. The number of nitrogens with zero attached hydrogens (tertiary/aromatic N) is 3. The molecule has 19 heavy (non-hydrogen) atoms. The predicted octanol–water partition coefficient (Wildman–Crippen LogP) is 2.45. The van der Waals surface area contributed by atoms with Gasteiger partial charge in [-0.2, -0.15) is 0 Å². The van der Waals surface area contributed by atoms with Gasteiger partial charge in [0.2, 0.25) is 0 Å². The molecule has 1 aliphatic rings. The first-order valence-electron chi connectivity index (χ1n) is 7.01. The first-order chi connectivity index (χ1) is 9.25. The van der Waals surface area contributed by atoms with Gasteiger partial charge >= 0.3 is 0 Å². The van der Waals surface area contributed by atoms with E-state index in [2.05, 4.69) is 47.6 Å². The van der Waals surface area contributed by atoms with E-state index in [-0.39, 0.29) is 0 Å². The van der Waals surface area contributed by atoms with E-state index < -0.39 is 0 Å². The summed E-state index contributed by atoms with van der Waals surface area (Å²) in [5, 5.41) is 0. The van der Waals surface area contributed by atoms with Crippen molar-refractivity contribution < 1.29 is 4.74 Å². The van der Waals surface area contributed by atoms with Crippen LogP contribution in [0.1, 0.15) is 25.6 Å². The zero-order chi connectivity index (χ0) is 13.2. The molecule has 2 heterocycles. The Bertz CT molecular complexity index is 556. The standard InChI is InChI=1S/C15H21N3O/c1-12(2)15-16-13-5-3-4-6-14(13)18(15)11-17-7-9-19-10-8-17/h3-6,12H,7-11H2,1-2H3. The summed E-state index contributed by atoms with van der Waals surface area (Å²) in [6.07, 6.45) is 0. The van der Waals surface area contributed by atoms with Gasteiger partial charge in [0.15, 0.2) is 0 Å². The first-order valence-corrected chi connectivity index (χ1v) is 7.01. The van der Waals surface area contributed by atoms with Gasteiger partial charge in [-0.25, -0.2) is 4.98 Å². The van der Waals surface area contributed by atoms with Crippen LogP contribution >= 0.6 is 0 Å². The van der Waals surface area contributed by atoms with E-state index in [9.17, 15) is 0 Å². The molecular formula is C15H21N3O. The minimum atomic E-state index is 0.438. The Morgan fingerprint density at radius 1 is 1.21 bits per heavy atom. The topological polar surface area (TPSA) is 30.3 Å². The van der Waals surface area contributed by atoms with Gasteiger partial charge in [-0.3, -0.25) is 4.90 Å². The van der Waals surface area contributed by atoms with Crippen molar-refractivity contribution in [3.63, 3.8) is 0 Å². The highest BCUT2D eigenvalue weighted by Crippen LogP contribution is 2.22. The predicted molar refractivity (Wildman–Crippen MR) is 76.2 cm³/mol. The fourth-order valence-electron chi connectivity index (χ4n) is 2.63. The van der Waals surface area contributed by atoms with E-state index in [4.69, 9.17) is 9.72 Å². The lowest BCUT2D eigenvalue weighted by Gasteiger charge is -2.28. The summed E-state index contributed by atoms with van der Waals surface area (Å²) >= 11 is 0. The van der Waals surface area contributed by atoms with Gasteiger partial charge in [0.1, 0.15) is 5.82 Å². The monoisotopic (exact) mass is 259 g/mol. The molecule has 0 atom stereocenters. The molecule has 1 fully saturated rings. The van der Waals surface area contributed by atoms with E-state index in [0.29, 0.717) is 5.92 Å². The molecule has 0 saturated carbocycles. The number of hydrogen-bond acceptors (Lipinski definition) is 3. The van der Waals surface area contributed by atoms with E-state index in [1.807, 2.05) is 0 Å². The maximum Gasteiger partial charge on any atom is 0.113 e. The second kappa shape index (κ2) is 5.31. The summed E-state index contributed by atoms with van der Waals surface area (Å²) in [5.74, 6) is 1.61. The van der Waals surface area contributed by atoms with Crippen molar-refractivity contribution in [1.29, 1.82) is 0 Å². The van der Waals surface area contributed by atoms with Gasteiger partial charge < -0.3 is 9.30 Å². The van der Waals surface area contributed by atoms with Gasteiger partial charge in [0, 0.05) is 19.0 Å². The Morgan fingerprint density at radius 3 is 2.68 bits per heavy atom. The fourth-order valence-corrected chi connectivity index (χ4v) is 2.63. The number of hydrogen-bond donors (Lipinski definition) is 0. The summed E-state index contributed by atoms with van der Waals surface area (Å²) in [6, 6.07) is 8.40. The molecule has 1 aromatic heterocycles. The van der Waals surface area contributed by atoms with Crippen LogP contribution < -0.4 is 0 Å². The number of benzene rings is 1. The number of morpholine rings is 1. The van der Waals surface area contributed by atoms with Crippen molar-refractivity contribution in [3.05, 3.63) is 30.1 Å². The smallest absolute Gasteiger partial charge is 0.113 e. The van der Waals surface area contributed by atoms with Crippen molar-refractivity contribution >= 4 is 11.0 Å². The molecule has 4 heteroatoms. The number of aromatic nitrogens is 2. The summed E-state index contributed by atoms with van der Waals surface area (Å²) < 4.78 is 7.77. The van der Waals surface area contributed by atoms with Crippen molar-refractivity contribution in [2.75, 3.05) is 26.3 Å². The second-order valence-electron chi connectivity index (χ2n) is 5.41. The largest absolute Gasteiger partial charge is 0.379 e. The lowest BCUT2D eigenvalue weighted by Crippen LogP contribution is -2.37. The maximum atomic E-state index is 5.42. The van der Waals surface area contributed by atoms with Gasteiger partial charge in [0.25, 0.3) is 0 Å². The molecule has 102 valence electrons. The van der Waals surface area contributed by atoms with Gasteiger partial charge in [-0.05, 0) is 12.1 Å². The molecule has 1 saturated heterocycles. The molecule has 0 bridgehead atoms. The lowest BCUT2D eigenvalue weighted by molar-refractivity contribution is 0.0235. The van der Waals surface area contributed by atoms with Gasteiger partial charge in [-0.1, -0.05) is 26.0 Å². The molecule has 0 aliphatic carbocycles. The van der Waals surface area contributed by atoms with Crippen LogP contribution in [0.5, 0.6) is 0 Å². The number of ether oxygens (including phenoxy) is 1. The van der Waals surface area contributed by atoms with Crippen LogP contribution in [-0.4, -0.2) is 40.8 Å². The average Bonchev–Trinajstić information content (AvgIpc) is 2.79. The first kappa shape index (κ1) is 12.6. The Kier molecular flexibility index (Phi) is 3.53. The maximum absolute atomic E-state index is 5.42. The number of fused-ring (bicyclic) bond motifs is 1. The molecular weight excluding hydrogens is 238 g/mol. The number of para-hydroxylation sites is 2. The van der Waals surface area contributed by atoms with Crippen molar-refractivity contribution in [2.24, 2.45) is 0 Å². The van der Waals surface area contributed by atoms with E-state index in [1.54, 1.807) is 0 Å². The minimum absolute atomic E-state index is 0.438. The minimum Gasteiger partial charge on any atom is -0.379 e. The van der Waals surface area contributed by atoms with E-state index in [0.717, 1.165) is 38.5 Å². The molecule has 1 aliphatic heterocycles. The lowest BCUT2D eigenvalue weighted by atomic mass is 10.2. The van der Waals surface area contributed by atoms with E-state index >= 15 is 0 Å². The normalized spacial score (nSPS) is 17.4. The zero-order valence-corrected chi connectivity index (χ0v) is 11.7. The molecule has 0 spiro atoms. The number of rotatable bonds is 3. The van der Waals surface area contributed by atoms with Crippen LogP contribution in [0.25, 0.3) is 11.0 Å². The summed E-state index contributed by atoms with van der Waals surface area (Å²) in [6.45, 7) is 9.01. The molecule has 1 aromatic carbocycles. The van der Waals surface area contributed by atoms with Crippen LogP contribution in [0.15, 0.2) is 24.3 Å². The molecule has 4 nitrogen and oxygen atoms in total. The van der Waals surface area contributed by atoms with Gasteiger partial charge in [-0.15, -0.1) is 0 Å². The second-order valence-corrected chi connectivity index (χ2v) is 5.41. The van der Waals surface area contributed by atoms with Crippen LogP contribution in [0.4, 0.5) is 0 Å². The third-order valence-corrected chi connectivity index (χ3v) is 3.65. The summed E-state index contributed by atoms with van der Waals surface area (Å²) in [7, 11) is 0. The molecule has 0 unspecified atom stereocenters. The Hall–Kier alpha value is -1.39. The van der Waals surface area contributed by atoms with Gasteiger partial charge in [0.05, 0.1) is 30.9 Å². The SMILES string of the molecule is CC(C)c1nc2ccccc2n1CN1CCOCC1. The molecule has 3 rings (SSSR count). The highest BCUT2D eigenvalue weighted by atomic mass is 16.5. The van der Waals surface area contributed by atoms with Crippen molar-refractivity contribution in [2.45, 2.75) is 26.4 Å². The molecule has 0 radical (unpaired) electrons. The third-order valence-electron chi connectivity index (χ3n) is 3.65. The highest BCUT2D eigenvalue weighted by molar-refractivity contribution is 5.76. The molecule has 2 aromatic rings. The summed E-state index contributed by atoms with van der Waals surface area (Å²) in [5.41, 5.74) is 2.33. The van der Waals surface area contributed by atoms with Crippen LogP contribution in [0, 0.1) is 0 Å². The number of imidazole rings is 1. The molecule has 0 N–H and O–H groups in total. The van der Waals surface area contributed by atoms with Crippen molar-refractivity contribution in [1.82, 2.24) is 14.5 Å². The van der Waals surface area contributed by atoms with Crippen LogP contribution in [0.3, 0.4) is 0 Å². The Labute approximate surface area is 114 Å². The van der Waals surface area contributed by atoms with Crippen LogP contribution in [-0.2, 0) is 11.4 Å². The third kappa shape index (κ3) is 2.51. The molecule has 0 amide bonds. The Morgan fingerprint density at radius 2 is 1.95 bits per heavy atom. The zero-order valence-electron chi connectivity index (χ0n) is 11.7. The van der Waals surface area contributed by atoms with Crippen molar-refractivity contribution in [3.8, 4) is 0 Å².